The maximum atomic E-state index is 12.6. The Bertz CT molecular complexity index is 1390. The van der Waals surface area contributed by atoms with Crippen molar-refractivity contribution in [1.29, 1.82) is 0 Å². The minimum Gasteiger partial charge on any atom is -0.480 e. The van der Waals surface area contributed by atoms with Gasteiger partial charge in [0.15, 0.2) is 17.0 Å². The van der Waals surface area contributed by atoms with E-state index in [9.17, 15) is 19.5 Å². The first kappa shape index (κ1) is 28.3. The quantitative estimate of drug-likeness (QED) is 0.0794. The lowest BCUT2D eigenvalue weighted by molar-refractivity contribution is -0.144. The Morgan fingerprint density at radius 1 is 1.21 bits per heavy atom. The predicted molar refractivity (Wildman–Crippen MR) is 140 cm³/mol. The first-order valence-electron chi connectivity index (χ1n) is 11.7. The summed E-state index contributed by atoms with van der Waals surface area (Å²) in [6.07, 6.45) is 1.56. The highest BCUT2D eigenvalue weighted by Crippen LogP contribution is 2.19. The summed E-state index contributed by atoms with van der Waals surface area (Å²) in [5.41, 5.74) is 21.9. The number of carboxylic acids is 1. The molecule has 1 atom stereocenters. The van der Waals surface area contributed by atoms with Crippen LogP contribution < -0.4 is 21.7 Å². The summed E-state index contributed by atoms with van der Waals surface area (Å²) in [4.78, 5) is 57.1. The highest BCUT2D eigenvalue weighted by atomic mass is 16.5. The molecular formula is C23H27N11O5. The first-order valence-corrected chi connectivity index (χ1v) is 11.7. The Kier molecular flexibility index (Phi) is 9.70. The second-order valence-electron chi connectivity index (χ2n) is 8.33. The third-order valence-electron chi connectivity index (χ3n) is 5.44. The van der Waals surface area contributed by atoms with E-state index in [1.165, 1.54) is 0 Å². The lowest BCUT2D eigenvalue weighted by Crippen LogP contribution is -2.41. The number of hydrogen-bond acceptors (Lipinski definition) is 12. The monoisotopic (exact) mass is 537 g/mol. The average Bonchev–Trinajstić information content (AvgIpc) is 2.91. The van der Waals surface area contributed by atoms with E-state index < -0.39 is 23.9 Å². The van der Waals surface area contributed by atoms with Crippen LogP contribution in [0.3, 0.4) is 0 Å². The van der Waals surface area contributed by atoms with Crippen LogP contribution in [0.2, 0.25) is 0 Å². The van der Waals surface area contributed by atoms with Crippen LogP contribution in [0.25, 0.3) is 21.6 Å². The van der Waals surface area contributed by atoms with Gasteiger partial charge in [0.25, 0.3) is 5.91 Å². The van der Waals surface area contributed by atoms with E-state index in [-0.39, 0.29) is 43.3 Å². The lowest BCUT2D eigenvalue weighted by atomic mass is 10.1. The zero-order valence-electron chi connectivity index (χ0n) is 21.0. The largest absolute Gasteiger partial charge is 0.480 e. The van der Waals surface area contributed by atoms with Crippen LogP contribution in [0.15, 0.2) is 35.6 Å². The van der Waals surface area contributed by atoms with E-state index in [0.717, 1.165) is 5.69 Å². The van der Waals surface area contributed by atoms with Gasteiger partial charge in [0.1, 0.15) is 6.04 Å². The van der Waals surface area contributed by atoms with Gasteiger partial charge in [-0.2, -0.15) is 9.97 Å². The van der Waals surface area contributed by atoms with Gasteiger partial charge in [-0.3, -0.25) is 9.59 Å². The topological polar surface area (TPSA) is 248 Å². The average molecular weight is 538 g/mol. The van der Waals surface area contributed by atoms with Gasteiger partial charge in [-0.15, -0.1) is 0 Å². The third kappa shape index (κ3) is 8.13. The molecule has 0 saturated heterocycles. The maximum Gasteiger partial charge on any atom is 0.326 e. The zero-order valence-corrected chi connectivity index (χ0v) is 21.0. The summed E-state index contributed by atoms with van der Waals surface area (Å²) in [6.45, 7) is 0.596. The van der Waals surface area contributed by atoms with E-state index in [1.807, 2.05) is 11.9 Å². The summed E-state index contributed by atoms with van der Waals surface area (Å²) in [6, 6.07) is 5.22. The van der Waals surface area contributed by atoms with E-state index >= 15 is 0 Å². The second-order valence-corrected chi connectivity index (χ2v) is 8.33. The number of nitrogens with two attached hydrogens (primary N) is 2. The first-order chi connectivity index (χ1) is 18.7. The fourth-order valence-electron chi connectivity index (χ4n) is 3.46. The van der Waals surface area contributed by atoms with E-state index in [2.05, 4.69) is 35.3 Å². The van der Waals surface area contributed by atoms with Gasteiger partial charge in [-0.25, -0.2) is 14.8 Å². The van der Waals surface area contributed by atoms with Crippen LogP contribution >= 0.6 is 0 Å². The SMILES string of the molecule is CN(Cc1cnc2nc(N)nc(N)c2n1)c1ccc(C(=O)N[C@@H](CCC(=O)OCCCN=[N+]=[N-])C(=O)O)cc1. The van der Waals surface area contributed by atoms with Gasteiger partial charge in [0.05, 0.1) is 25.0 Å². The minimum atomic E-state index is -1.28. The number of amides is 1. The number of esters is 1. The number of carboxylic acid groups (broad SMARTS) is 1. The number of azide groups is 1. The van der Waals surface area contributed by atoms with Crippen LogP contribution in [0.4, 0.5) is 17.5 Å². The number of hydrogen-bond donors (Lipinski definition) is 4. The zero-order chi connectivity index (χ0) is 28.4. The van der Waals surface area contributed by atoms with Crippen molar-refractivity contribution in [1.82, 2.24) is 25.3 Å². The lowest BCUT2D eigenvalue weighted by Gasteiger charge is -2.19. The summed E-state index contributed by atoms with van der Waals surface area (Å²) < 4.78 is 4.96. The van der Waals surface area contributed by atoms with Crippen molar-refractivity contribution in [3.05, 3.63) is 52.2 Å². The van der Waals surface area contributed by atoms with E-state index in [1.54, 1.807) is 30.5 Å². The molecule has 39 heavy (non-hydrogen) atoms. The Morgan fingerprint density at radius 3 is 2.64 bits per heavy atom. The Morgan fingerprint density at radius 2 is 1.95 bits per heavy atom. The molecule has 0 bridgehead atoms. The molecule has 0 fully saturated rings. The third-order valence-corrected chi connectivity index (χ3v) is 5.44. The number of rotatable bonds is 13. The van der Waals surface area contributed by atoms with Crippen molar-refractivity contribution in [2.45, 2.75) is 31.8 Å². The summed E-state index contributed by atoms with van der Waals surface area (Å²) in [7, 11) is 1.82. The summed E-state index contributed by atoms with van der Waals surface area (Å²) >= 11 is 0. The number of benzene rings is 1. The molecule has 2 heterocycles. The van der Waals surface area contributed by atoms with Crippen molar-refractivity contribution in [2.75, 3.05) is 36.6 Å². The van der Waals surface area contributed by atoms with Crippen LogP contribution in [0, 0.1) is 0 Å². The molecule has 0 aliphatic heterocycles. The van der Waals surface area contributed by atoms with Crippen molar-refractivity contribution in [2.24, 2.45) is 5.11 Å². The number of nitrogens with zero attached hydrogens (tertiary/aromatic N) is 8. The molecule has 1 amide bonds. The Hall–Kier alpha value is -5.24. The van der Waals surface area contributed by atoms with Gasteiger partial charge in [0, 0.05) is 36.2 Å². The molecule has 16 nitrogen and oxygen atoms in total. The van der Waals surface area contributed by atoms with E-state index in [0.29, 0.717) is 29.8 Å². The fourth-order valence-corrected chi connectivity index (χ4v) is 3.46. The highest BCUT2D eigenvalue weighted by Gasteiger charge is 2.22. The smallest absolute Gasteiger partial charge is 0.326 e. The predicted octanol–water partition coefficient (Wildman–Crippen LogP) is 1.43. The molecule has 0 saturated carbocycles. The number of aliphatic carboxylic acids is 1. The molecular weight excluding hydrogens is 510 g/mol. The molecule has 3 rings (SSSR count). The van der Waals surface area contributed by atoms with Crippen molar-refractivity contribution >= 4 is 46.5 Å². The Balaban J connectivity index is 1.55. The van der Waals surface area contributed by atoms with Crippen molar-refractivity contribution < 1.29 is 24.2 Å². The van der Waals surface area contributed by atoms with Gasteiger partial charge < -0.3 is 31.5 Å². The number of anilines is 3. The number of nitrogen functional groups attached to an aromatic ring is 2. The van der Waals surface area contributed by atoms with Crippen LogP contribution in [0.5, 0.6) is 0 Å². The maximum absolute atomic E-state index is 12.6. The molecule has 2 aromatic heterocycles. The van der Waals surface area contributed by atoms with Gasteiger partial charge >= 0.3 is 11.9 Å². The Labute approximate surface area is 222 Å². The number of aromatic nitrogens is 4. The number of carbonyl (C=O) groups excluding carboxylic acids is 2. The molecule has 0 aliphatic rings. The molecule has 0 radical (unpaired) electrons. The van der Waals surface area contributed by atoms with Crippen molar-refractivity contribution in [3.8, 4) is 0 Å². The molecule has 0 spiro atoms. The number of fused-ring (bicyclic) bond motifs is 1. The summed E-state index contributed by atoms with van der Waals surface area (Å²) in [5.74, 6) is -2.35. The molecule has 1 aromatic carbocycles. The minimum absolute atomic E-state index is 0.0101. The molecule has 0 unspecified atom stereocenters. The standard InChI is InChI=1S/C23H27N11O5/c1-34(12-14-11-27-20-18(29-14)19(24)31-23(25)32-20)15-5-3-13(4-6-15)21(36)30-16(22(37)38)7-8-17(35)39-10-2-9-28-33-26/h3-6,11,16H,2,7-10,12H2,1H3,(H,30,36)(H,37,38)(H4,24,25,27,31,32)/t16-/m0/s1. The van der Waals surface area contributed by atoms with E-state index in [4.69, 9.17) is 21.7 Å². The molecule has 6 N–H and O–H groups in total. The number of carbonyl (C=O) groups is 3. The molecule has 0 aliphatic carbocycles. The van der Waals surface area contributed by atoms with Crippen LogP contribution in [0.1, 0.15) is 35.3 Å². The van der Waals surface area contributed by atoms with Gasteiger partial charge in [-0.05, 0) is 42.6 Å². The normalized spacial score (nSPS) is 11.3. The molecule has 16 heteroatoms. The number of nitrogens with one attached hydrogen (secondary N) is 1. The van der Waals surface area contributed by atoms with Gasteiger partial charge in [0.2, 0.25) is 5.95 Å². The second kappa shape index (κ2) is 13.3. The van der Waals surface area contributed by atoms with Gasteiger partial charge in [-0.1, -0.05) is 5.11 Å². The van der Waals surface area contributed by atoms with Crippen LogP contribution in [-0.2, 0) is 20.9 Å². The number of ether oxygens (including phenoxy) is 1. The fraction of sp³-hybridized carbons (Fsp3) is 0.348. The molecule has 204 valence electrons. The summed E-state index contributed by atoms with van der Waals surface area (Å²) in [5, 5.41) is 15.2. The van der Waals surface area contributed by atoms with Crippen molar-refractivity contribution in [3.63, 3.8) is 0 Å². The molecule has 3 aromatic rings. The van der Waals surface area contributed by atoms with Crippen LogP contribution in [-0.4, -0.2) is 69.1 Å². The highest BCUT2D eigenvalue weighted by molar-refractivity contribution is 5.97.